The molecule has 0 atom stereocenters. The lowest BCUT2D eigenvalue weighted by Crippen LogP contribution is -2.30. The lowest BCUT2D eigenvalue weighted by Gasteiger charge is -2.27. The second kappa shape index (κ2) is 7.88. The first-order valence-corrected chi connectivity index (χ1v) is 7.63. The maximum atomic E-state index is 5.26. The number of ether oxygens (including phenoxy) is 1. The molecule has 0 radical (unpaired) electrons. The summed E-state index contributed by atoms with van der Waals surface area (Å²) in [5, 5.41) is 0. The number of nitrogens with one attached hydrogen (secondary N) is 1. The maximum absolute atomic E-state index is 5.26. The summed E-state index contributed by atoms with van der Waals surface area (Å²) >= 11 is 0. The van der Waals surface area contributed by atoms with Crippen molar-refractivity contribution in [1.29, 1.82) is 0 Å². The Morgan fingerprint density at radius 2 is 1.92 bits per heavy atom. The number of hydrogen-bond donors (Lipinski definition) is 1. The molecule has 0 aliphatic carbocycles. The predicted octanol–water partition coefficient (Wildman–Crippen LogP) is 3.97. The summed E-state index contributed by atoms with van der Waals surface area (Å²) in [5.74, 6) is 1.87. The lowest BCUT2D eigenvalue weighted by atomic mass is 10.00. The number of methoxy groups -OCH3 is 1. The average Bonchev–Trinajstić information content (AvgIpc) is 2.95. The SMILES string of the molecule is COc1ccc2nc(CN3CCc4ccccc4C3)[nH]c2c1.Cl.Cl. The Morgan fingerprint density at radius 1 is 1.12 bits per heavy atom. The molecule has 0 fully saturated rings. The van der Waals surface area contributed by atoms with Gasteiger partial charge < -0.3 is 9.72 Å². The Balaban J connectivity index is 0.00000104. The zero-order valence-corrected chi connectivity index (χ0v) is 15.1. The number of imidazole rings is 1. The fourth-order valence-electron chi connectivity index (χ4n) is 3.14. The monoisotopic (exact) mass is 365 g/mol. The number of fused-ring (bicyclic) bond motifs is 2. The molecule has 0 saturated heterocycles. The van der Waals surface area contributed by atoms with Gasteiger partial charge in [0.15, 0.2) is 0 Å². The fraction of sp³-hybridized carbons (Fsp3) is 0.278. The van der Waals surface area contributed by atoms with Crippen molar-refractivity contribution in [1.82, 2.24) is 14.9 Å². The van der Waals surface area contributed by atoms with Gasteiger partial charge in [-0.1, -0.05) is 24.3 Å². The van der Waals surface area contributed by atoms with Crippen LogP contribution in [0.3, 0.4) is 0 Å². The fourth-order valence-corrected chi connectivity index (χ4v) is 3.14. The van der Waals surface area contributed by atoms with E-state index >= 15 is 0 Å². The zero-order chi connectivity index (χ0) is 14.9. The van der Waals surface area contributed by atoms with Crippen molar-refractivity contribution < 1.29 is 4.74 Å². The van der Waals surface area contributed by atoms with Crippen LogP contribution in [-0.4, -0.2) is 28.5 Å². The van der Waals surface area contributed by atoms with Gasteiger partial charge in [-0.25, -0.2) is 4.98 Å². The van der Waals surface area contributed by atoms with Crippen LogP contribution in [0.25, 0.3) is 11.0 Å². The zero-order valence-electron chi connectivity index (χ0n) is 13.5. The highest BCUT2D eigenvalue weighted by atomic mass is 35.5. The summed E-state index contributed by atoms with van der Waals surface area (Å²) in [5.41, 5.74) is 4.94. The molecule has 4 nitrogen and oxygen atoms in total. The van der Waals surface area contributed by atoms with E-state index in [1.165, 1.54) is 11.1 Å². The second-order valence-corrected chi connectivity index (χ2v) is 5.80. The molecule has 6 heteroatoms. The van der Waals surface area contributed by atoms with Gasteiger partial charge in [-0.05, 0) is 29.7 Å². The number of hydrogen-bond acceptors (Lipinski definition) is 3. The number of aromatic amines is 1. The Labute approximate surface area is 154 Å². The van der Waals surface area contributed by atoms with E-state index in [1.54, 1.807) is 7.11 Å². The molecule has 1 aromatic heterocycles. The molecule has 4 rings (SSSR count). The second-order valence-electron chi connectivity index (χ2n) is 5.80. The van der Waals surface area contributed by atoms with Crippen molar-refractivity contribution >= 4 is 35.8 Å². The van der Waals surface area contributed by atoms with E-state index in [0.717, 1.165) is 48.7 Å². The molecule has 1 aliphatic heterocycles. The van der Waals surface area contributed by atoms with Gasteiger partial charge in [0.25, 0.3) is 0 Å². The topological polar surface area (TPSA) is 41.1 Å². The van der Waals surface area contributed by atoms with Crippen LogP contribution in [0.5, 0.6) is 5.75 Å². The number of nitrogens with zero attached hydrogens (tertiary/aromatic N) is 2. The minimum Gasteiger partial charge on any atom is -0.497 e. The number of H-pyrrole nitrogens is 1. The summed E-state index contributed by atoms with van der Waals surface area (Å²) in [6, 6.07) is 14.7. The van der Waals surface area contributed by atoms with Gasteiger partial charge in [0.1, 0.15) is 11.6 Å². The minimum atomic E-state index is 0. The van der Waals surface area contributed by atoms with E-state index in [4.69, 9.17) is 4.74 Å². The van der Waals surface area contributed by atoms with Crippen molar-refractivity contribution in [2.75, 3.05) is 13.7 Å². The van der Waals surface area contributed by atoms with Crippen molar-refractivity contribution in [2.45, 2.75) is 19.5 Å². The third-order valence-corrected chi connectivity index (χ3v) is 4.32. The summed E-state index contributed by atoms with van der Waals surface area (Å²) in [4.78, 5) is 10.5. The Morgan fingerprint density at radius 3 is 2.71 bits per heavy atom. The molecular formula is C18H21Cl2N3O. The van der Waals surface area contributed by atoms with Crippen molar-refractivity contribution in [3.8, 4) is 5.75 Å². The van der Waals surface area contributed by atoms with Crippen LogP contribution in [0, 0.1) is 0 Å². The average molecular weight is 366 g/mol. The molecule has 0 unspecified atom stereocenters. The van der Waals surface area contributed by atoms with E-state index < -0.39 is 0 Å². The van der Waals surface area contributed by atoms with Crippen molar-refractivity contribution in [3.63, 3.8) is 0 Å². The van der Waals surface area contributed by atoms with Gasteiger partial charge in [-0.15, -0.1) is 24.8 Å². The van der Waals surface area contributed by atoms with E-state index in [9.17, 15) is 0 Å². The first-order valence-electron chi connectivity index (χ1n) is 7.63. The van der Waals surface area contributed by atoms with Crippen LogP contribution in [-0.2, 0) is 19.5 Å². The molecule has 0 spiro atoms. The summed E-state index contributed by atoms with van der Waals surface area (Å²) in [7, 11) is 1.68. The number of rotatable bonds is 3. The van der Waals surface area contributed by atoms with Crippen LogP contribution < -0.4 is 4.74 Å². The molecule has 2 aromatic carbocycles. The Kier molecular flexibility index (Phi) is 6.10. The first kappa shape index (κ1) is 18.6. The van der Waals surface area contributed by atoms with Crippen molar-refractivity contribution in [2.24, 2.45) is 0 Å². The number of halogens is 2. The summed E-state index contributed by atoms with van der Waals surface area (Å²) in [6.07, 6.45) is 1.12. The van der Waals surface area contributed by atoms with E-state index in [-0.39, 0.29) is 24.8 Å². The quantitative estimate of drug-likeness (QED) is 0.763. The van der Waals surface area contributed by atoms with Gasteiger partial charge in [-0.3, -0.25) is 4.90 Å². The van der Waals surface area contributed by atoms with Crippen molar-refractivity contribution in [3.05, 3.63) is 59.4 Å². The molecule has 2 heterocycles. The third-order valence-electron chi connectivity index (χ3n) is 4.32. The molecule has 0 saturated carbocycles. The normalized spacial score (nSPS) is 13.7. The van der Waals surface area contributed by atoms with E-state index in [2.05, 4.69) is 39.1 Å². The van der Waals surface area contributed by atoms with E-state index in [0.29, 0.717) is 0 Å². The third kappa shape index (κ3) is 3.66. The summed E-state index contributed by atoms with van der Waals surface area (Å²) in [6.45, 7) is 2.93. The maximum Gasteiger partial charge on any atom is 0.121 e. The highest BCUT2D eigenvalue weighted by molar-refractivity contribution is 5.85. The molecule has 128 valence electrons. The van der Waals surface area contributed by atoms with Gasteiger partial charge in [0, 0.05) is 19.2 Å². The smallest absolute Gasteiger partial charge is 0.121 e. The standard InChI is InChI=1S/C18H19N3O.2ClH/c1-22-15-6-7-16-17(10-15)20-18(19-16)12-21-9-8-13-4-2-3-5-14(13)11-21;;/h2-7,10H,8-9,11-12H2,1H3,(H,19,20);2*1H. The molecule has 1 aliphatic rings. The van der Waals surface area contributed by atoms with Gasteiger partial charge in [0.2, 0.25) is 0 Å². The van der Waals surface area contributed by atoms with Crippen LogP contribution in [0.4, 0.5) is 0 Å². The van der Waals surface area contributed by atoms with Crippen LogP contribution in [0.1, 0.15) is 17.0 Å². The highest BCUT2D eigenvalue weighted by Crippen LogP contribution is 2.22. The molecule has 3 aromatic rings. The number of benzene rings is 2. The molecule has 1 N–H and O–H groups in total. The molecule has 0 bridgehead atoms. The van der Waals surface area contributed by atoms with Gasteiger partial charge >= 0.3 is 0 Å². The van der Waals surface area contributed by atoms with Crippen LogP contribution in [0.15, 0.2) is 42.5 Å². The largest absolute Gasteiger partial charge is 0.497 e. The highest BCUT2D eigenvalue weighted by Gasteiger charge is 2.17. The molecular weight excluding hydrogens is 345 g/mol. The number of aromatic nitrogens is 2. The van der Waals surface area contributed by atoms with Crippen LogP contribution >= 0.6 is 24.8 Å². The van der Waals surface area contributed by atoms with Gasteiger partial charge in [-0.2, -0.15) is 0 Å². The molecule has 0 amide bonds. The van der Waals surface area contributed by atoms with Gasteiger partial charge in [0.05, 0.1) is 24.7 Å². The minimum absolute atomic E-state index is 0. The predicted molar refractivity (Wildman–Crippen MR) is 101 cm³/mol. The van der Waals surface area contributed by atoms with Crippen LogP contribution in [0.2, 0.25) is 0 Å². The van der Waals surface area contributed by atoms with E-state index in [1.807, 2.05) is 18.2 Å². The Hall–Kier alpha value is -1.75. The lowest BCUT2D eigenvalue weighted by molar-refractivity contribution is 0.240. The Bertz CT molecular complexity index is 819. The molecule has 24 heavy (non-hydrogen) atoms. The first-order chi connectivity index (χ1) is 10.8. The summed E-state index contributed by atoms with van der Waals surface area (Å²) < 4.78 is 5.26.